The van der Waals surface area contributed by atoms with Gasteiger partial charge in [0.2, 0.25) is 0 Å². The van der Waals surface area contributed by atoms with Crippen LogP contribution < -0.4 is 10.2 Å². The summed E-state index contributed by atoms with van der Waals surface area (Å²) in [6.45, 7) is 7.31. The zero-order valence-electron chi connectivity index (χ0n) is 12.4. The fraction of sp³-hybridized carbons (Fsp3) is 0.471. The predicted molar refractivity (Wildman–Crippen MR) is 85.2 cm³/mol. The molecule has 0 amide bonds. The molecule has 1 aromatic carbocycles. The second-order valence-electron chi connectivity index (χ2n) is 5.49. The van der Waals surface area contributed by atoms with Gasteiger partial charge in [0, 0.05) is 36.6 Å². The van der Waals surface area contributed by atoms with E-state index in [1.807, 2.05) is 0 Å². The van der Waals surface area contributed by atoms with Gasteiger partial charge in [0.25, 0.3) is 0 Å². The van der Waals surface area contributed by atoms with Gasteiger partial charge in [0.1, 0.15) is 5.82 Å². The molecule has 3 heteroatoms. The Morgan fingerprint density at radius 2 is 1.95 bits per heavy atom. The van der Waals surface area contributed by atoms with Gasteiger partial charge in [-0.05, 0) is 38.8 Å². The monoisotopic (exact) mass is 269 g/mol. The lowest BCUT2D eigenvalue weighted by Gasteiger charge is -2.23. The Labute approximate surface area is 121 Å². The summed E-state index contributed by atoms with van der Waals surface area (Å²) in [4.78, 5) is 7.25. The van der Waals surface area contributed by atoms with Gasteiger partial charge in [-0.25, -0.2) is 4.98 Å². The molecular formula is C17H23N3. The lowest BCUT2D eigenvalue weighted by Crippen LogP contribution is -2.26. The van der Waals surface area contributed by atoms with Gasteiger partial charge in [0.05, 0.1) is 5.52 Å². The molecule has 1 aliphatic rings. The van der Waals surface area contributed by atoms with E-state index in [0.29, 0.717) is 0 Å². The maximum Gasteiger partial charge on any atom is 0.133 e. The molecule has 0 bridgehead atoms. The van der Waals surface area contributed by atoms with Crippen LogP contribution in [0.15, 0.2) is 30.3 Å². The van der Waals surface area contributed by atoms with Crippen LogP contribution in [0.25, 0.3) is 10.9 Å². The third-order valence-electron chi connectivity index (χ3n) is 4.00. The highest BCUT2D eigenvalue weighted by molar-refractivity contribution is 5.81. The van der Waals surface area contributed by atoms with Crippen LogP contribution in [0.3, 0.4) is 0 Å². The molecule has 0 atom stereocenters. The number of rotatable bonds is 6. The average molecular weight is 269 g/mol. The van der Waals surface area contributed by atoms with Crippen LogP contribution >= 0.6 is 0 Å². The van der Waals surface area contributed by atoms with Crippen molar-refractivity contribution in [2.24, 2.45) is 0 Å². The third kappa shape index (κ3) is 2.78. The maximum atomic E-state index is 4.90. The summed E-state index contributed by atoms with van der Waals surface area (Å²) in [5.74, 6) is 1.14. The Bertz CT molecular complexity index is 586. The summed E-state index contributed by atoms with van der Waals surface area (Å²) in [6, 6.07) is 11.4. The molecule has 1 fully saturated rings. The van der Waals surface area contributed by atoms with Gasteiger partial charge >= 0.3 is 0 Å². The molecule has 0 saturated heterocycles. The first kappa shape index (κ1) is 13.4. The van der Waals surface area contributed by atoms with Gasteiger partial charge in [-0.15, -0.1) is 0 Å². The molecule has 0 unspecified atom stereocenters. The largest absolute Gasteiger partial charge is 0.357 e. The van der Waals surface area contributed by atoms with Crippen LogP contribution in [0.4, 0.5) is 5.82 Å². The van der Waals surface area contributed by atoms with E-state index in [4.69, 9.17) is 4.98 Å². The molecule has 0 spiro atoms. The second kappa shape index (κ2) is 5.80. The van der Waals surface area contributed by atoms with Gasteiger partial charge in [-0.3, -0.25) is 0 Å². The summed E-state index contributed by atoms with van der Waals surface area (Å²) in [5, 5.41) is 4.85. The highest BCUT2D eigenvalue weighted by Crippen LogP contribution is 2.25. The molecule has 3 nitrogen and oxygen atoms in total. The number of fused-ring (bicyclic) bond motifs is 1. The smallest absolute Gasteiger partial charge is 0.133 e. The SMILES string of the molecule is CCN(CC)c1nc2ccccc2cc1CNC1CC1. The second-order valence-corrected chi connectivity index (χ2v) is 5.49. The molecule has 20 heavy (non-hydrogen) atoms. The molecule has 0 radical (unpaired) electrons. The van der Waals surface area contributed by atoms with E-state index in [1.54, 1.807) is 0 Å². The van der Waals surface area contributed by atoms with E-state index >= 15 is 0 Å². The fourth-order valence-electron chi connectivity index (χ4n) is 2.62. The molecule has 3 rings (SSSR count). The van der Waals surface area contributed by atoms with Gasteiger partial charge < -0.3 is 10.2 Å². The quantitative estimate of drug-likeness (QED) is 0.872. The average Bonchev–Trinajstić information content (AvgIpc) is 3.30. The highest BCUT2D eigenvalue weighted by Gasteiger charge is 2.21. The first-order valence-corrected chi connectivity index (χ1v) is 7.68. The maximum absolute atomic E-state index is 4.90. The molecule has 1 aliphatic carbocycles. The Kier molecular flexibility index (Phi) is 3.88. The van der Waals surface area contributed by atoms with Gasteiger partial charge in [0.15, 0.2) is 0 Å². The molecule has 2 aromatic rings. The number of para-hydroxylation sites is 1. The Morgan fingerprint density at radius 1 is 1.20 bits per heavy atom. The number of nitrogens with one attached hydrogen (secondary N) is 1. The summed E-state index contributed by atoms with van der Waals surface area (Å²) < 4.78 is 0. The zero-order chi connectivity index (χ0) is 13.9. The van der Waals surface area contributed by atoms with Crippen molar-refractivity contribution in [1.29, 1.82) is 0 Å². The van der Waals surface area contributed by atoms with Crippen LogP contribution in [0.1, 0.15) is 32.3 Å². The first-order chi connectivity index (χ1) is 9.81. The van der Waals surface area contributed by atoms with Crippen molar-refractivity contribution in [3.05, 3.63) is 35.9 Å². The van der Waals surface area contributed by atoms with E-state index < -0.39 is 0 Å². The number of anilines is 1. The first-order valence-electron chi connectivity index (χ1n) is 7.68. The number of benzene rings is 1. The van der Waals surface area contributed by atoms with Crippen LogP contribution in [0.2, 0.25) is 0 Å². The minimum absolute atomic E-state index is 0.728. The topological polar surface area (TPSA) is 28.2 Å². The molecule has 106 valence electrons. The number of aromatic nitrogens is 1. The van der Waals surface area contributed by atoms with E-state index in [-0.39, 0.29) is 0 Å². The van der Waals surface area contributed by atoms with E-state index in [1.165, 1.54) is 23.8 Å². The minimum atomic E-state index is 0.728. The number of pyridine rings is 1. The molecule has 1 N–H and O–H groups in total. The number of hydrogen-bond acceptors (Lipinski definition) is 3. The van der Waals surface area contributed by atoms with E-state index in [0.717, 1.165) is 37.0 Å². The van der Waals surface area contributed by atoms with E-state index in [2.05, 4.69) is 54.4 Å². The Hall–Kier alpha value is -1.61. The summed E-state index contributed by atoms with van der Waals surface area (Å²) in [7, 11) is 0. The highest BCUT2D eigenvalue weighted by atomic mass is 15.2. The van der Waals surface area contributed by atoms with Crippen molar-refractivity contribution in [3.8, 4) is 0 Å². The Balaban J connectivity index is 1.99. The molecular weight excluding hydrogens is 246 g/mol. The molecule has 1 saturated carbocycles. The van der Waals surface area contributed by atoms with Crippen LogP contribution in [-0.2, 0) is 6.54 Å². The van der Waals surface area contributed by atoms with Crippen molar-refractivity contribution in [2.45, 2.75) is 39.3 Å². The number of nitrogens with zero attached hydrogens (tertiary/aromatic N) is 2. The zero-order valence-corrected chi connectivity index (χ0v) is 12.4. The lowest BCUT2D eigenvalue weighted by atomic mass is 10.1. The van der Waals surface area contributed by atoms with Gasteiger partial charge in [-0.1, -0.05) is 18.2 Å². The van der Waals surface area contributed by atoms with Crippen molar-refractivity contribution in [1.82, 2.24) is 10.3 Å². The standard InChI is InChI=1S/C17H23N3/c1-3-20(4-2)17-14(12-18-15-9-10-15)11-13-7-5-6-8-16(13)19-17/h5-8,11,15,18H,3-4,9-10,12H2,1-2H3. The van der Waals surface area contributed by atoms with Crippen molar-refractivity contribution < 1.29 is 0 Å². The van der Waals surface area contributed by atoms with Crippen LogP contribution in [0, 0.1) is 0 Å². The predicted octanol–water partition coefficient (Wildman–Crippen LogP) is 3.33. The lowest BCUT2D eigenvalue weighted by molar-refractivity contribution is 0.682. The Morgan fingerprint density at radius 3 is 2.65 bits per heavy atom. The number of hydrogen-bond donors (Lipinski definition) is 1. The molecule has 1 heterocycles. The summed E-state index contributed by atoms with van der Waals surface area (Å²) in [6.07, 6.45) is 2.64. The van der Waals surface area contributed by atoms with Crippen molar-refractivity contribution >= 4 is 16.7 Å². The third-order valence-corrected chi connectivity index (χ3v) is 4.00. The summed E-state index contributed by atoms with van der Waals surface area (Å²) >= 11 is 0. The normalized spacial score (nSPS) is 14.7. The van der Waals surface area contributed by atoms with Crippen molar-refractivity contribution in [3.63, 3.8) is 0 Å². The van der Waals surface area contributed by atoms with Crippen LogP contribution in [0.5, 0.6) is 0 Å². The molecule has 1 aromatic heterocycles. The van der Waals surface area contributed by atoms with E-state index in [9.17, 15) is 0 Å². The minimum Gasteiger partial charge on any atom is -0.357 e. The molecule has 0 aliphatic heterocycles. The fourth-order valence-corrected chi connectivity index (χ4v) is 2.62. The van der Waals surface area contributed by atoms with Crippen molar-refractivity contribution in [2.75, 3.05) is 18.0 Å². The van der Waals surface area contributed by atoms with Crippen LogP contribution in [-0.4, -0.2) is 24.1 Å². The van der Waals surface area contributed by atoms with Gasteiger partial charge in [-0.2, -0.15) is 0 Å². The summed E-state index contributed by atoms with van der Waals surface area (Å²) in [5.41, 5.74) is 2.41.